The first-order chi connectivity index (χ1) is 20.3. The summed E-state index contributed by atoms with van der Waals surface area (Å²) in [5.41, 5.74) is -7.73. The van der Waals surface area contributed by atoms with Crippen molar-refractivity contribution >= 4 is 0 Å². The van der Waals surface area contributed by atoms with E-state index < -0.39 is 76.9 Å². The van der Waals surface area contributed by atoms with Crippen LogP contribution in [0.2, 0.25) is 0 Å². The van der Waals surface area contributed by atoms with Crippen LogP contribution in [-0.4, -0.2) is 15.0 Å². The van der Waals surface area contributed by atoms with Gasteiger partial charge in [0.1, 0.15) is 24.1 Å². The molecule has 0 aliphatic rings. The van der Waals surface area contributed by atoms with E-state index in [9.17, 15) is 57.9 Å². The van der Waals surface area contributed by atoms with Gasteiger partial charge in [-0.1, -0.05) is 12.1 Å². The van der Waals surface area contributed by atoms with Gasteiger partial charge < -0.3 is 4.74 Å². The Bertz CT molecular complexity index is 1680. The maximum absolute atomic E-state index is 13.4. The highest BCUT2D eigenvalue weighted by atomic mass is 19.4. The average Bonchev–Trinajstić information content (AvgIpc) is 3.32. The van der Waals surface area contributed by atoms with Crippen molar-refractivity contribution in [3.8, 4) is 23.1 Å². The molecule has 1 heterocycles. The Morgan fingerprint density at radius 2 is 1.30 bits per heavy atom. The highest BCUT2D eigenvalue weighted by Gasteiger charge is 2.38. The molecule has 17 heteroatoms. The first-order valence-corrected chi connectivity index (χ1v) is 11.9. The molecular formula is C27H14F12N4O. The van der Waals surface area contributed by atoms with E-state index in [1.54, 1.807) is 6.07 Å². The van der Waals surface area contributed by atoms with Gasteiger partial charge in [-0.15, -0.1) is 5.10 Å². The predicted octanol–water partition coefficient (Wildman–Crippen LogP) is 8.52. The van der Waals surface area contributed by atoms with Crippen molar-refractivity contribution in [1.82, 2.24) is 15.0 Å². The van der Waals surface area contributed by atoms with Crippen molar-refractivity contribution in [3.05, 3.63) is 99.7 Å². The molecule has 0 spiro atoms. The normalized spacial score (nSPS) is 12.7. The van der Waals surface area contributed by atoms with E-state index in [4.69, 9.17) is 4.74 Å². The fraction of sp³-hybridized carbons (Fsp3) is 0.222. The van der Waals surface area contributed by atoms with Gasteiger partial charge in [-0.2, -0.15) is 67.8 Å². The van der Waals surface area contributed by atoms with Crippen LogP contribution in [0.25, 0.3) is 11.3 Å². The van der Waals surface area contributed by atoms with E-state index in [1.165, 1.54) is 18.2 Å². The summed E-state index contributed by atoms with van der Waals surface area (Å²) in [6.45, 7) is -1.66. The second kappa shape index (κ2) is 11.4. The van der Waals surface area contributed by atoms with Crippen LogP contribution in [0, 0.1) is 11.3 Å². The second-order valence-corrected chi connectivity index (χ2v) is 9.14. The number of aromatic nitrogens is 3. The molecule has 4 aromatic rings. The van der Waals surface area contributed by atoms with Crippen molar-refractivity contribution in [2.75, 3.05) is 0 Å². The van der Waals surface area contributed by atoms with Crippen LogP contribution in [0.3, 0.4) is 0 Å². The predicted molar refractivity (Wildman–Crippen MR) is 126 cm³/mol. The molecule has 0 radical (unpaired) electrons. The molecule has 0 atom stereocenters. The van der Waals surface area contributed by atoms with Crippen LogP contribution in [0.4, 0.5) is 52.7 Å². The largest absolute Gasteiger partial charge is 0.489 e. The maximum atomic E-state index is 13.4. The molecule has 0 saturated heterocycles. The lowest BCUT2D eigenvalue weighted by Gasteiger charge is -2.16. The molecule has 0 amide bonds. The van der Waals surface area contributed by atoms with Crippen LogP contribution in [-0.2, 0) is 37.9 Å². The molecule has 0 aliphatic carbocycles. The molecule has 5 nitrogen and oxygen atoms in total. The van der Waals surface area contributed by atoms with E-state index in [-0.39, 0.29) is 35.2 Å². The van der Waals surface area contributed by atoms with Crippen molar-refractivity contribution in [2.24, 2.45) is 0 Å². The zero-order chi connectivity index (χ0) is 32.7. The molecule has 0 aliphatic heterocycles. The van der Waals surface area contributed by atoms with Crippen molar-refractivity contribution in [2.45, 2.75) is 37.9 Å². The minimum Gasteiger partial charge on any atom is -0.489 e. The minimum atomic E-state index is -5.11. The Morgan fingerprint density at radius 1 is 0.682 bits per heavy atom. The third-order valence-electron chi connectivity index (χ3n) is 5.97. The summed E-state index contributed by atoms with van der Waals surface area (Å²) in [5, 5.41) is 17.2. The summed E-state index contributed by atoms with van der Waals surface area (Å²) in [4.78, 5) is 0.676. The molecule has 1 aromatic heterocycles. The van der Waals surface area contributed by atoms with Crippen molar-refractivity contribution < 1.29 is 57.4 Å². The van der Waals surface area contributed by atoms with Gasteiger partial charge >= 0.3 is 24.7 Å². The summed E-state index contributed by atoms with van der Waals surface area (Å²) in [5.74, 6) is -0.167. The molecule has 0 saturated carbocycles. The van der Waals surface area contributed by atoms with Gasteiger partial charge in [0.2, 0.25) is 0 Å². The van der Waals surface area contributed by atoms with Gasteiger partial charge in [0.25, 0.3) is 0 Å². The number of alkyl halides is 12. The lowest BCUT2D eigenvalue weighted by atomic mass is 10.0. The minimum absolute atomic E-state index is 0.0467. The summed E-state index contributed by atoms with van der Waals surface area (Å²) < 4.78 is 164. The smallest absolute Gasteiger partial charge is 0.416 e. The van der Waals surface area contributed by atoms with Crippen LogP contribution in [0.1, 0.15) is 39.1 Å². The fourth-order valence-corrected chi connectivity index (χ4v) is 4.02. The monoisotopic (exact) mass is 638 g/mol. The van der Waals surface area contributed by atoms with E-state index >= 15 is 0 Å². The Labute approximate surface area is 238 Å². The highest BCUT2D eigenvalue weighted by molar-refractivity contribution is 5.65. The molecular weight excluding hydrogens is 624 g/mol. The van der Waals surface area contributed by atoms with E-state index in [0.717, 1.165) is 6.07 Å². The zero-order valence-corrected chi connectivity index (χ0v) is 21.4. The molecule has 0 fully saturated rings. The van der Waals surface area contributed by atoms with Gasteiger partial charge in [0.05, 0.1) is 28.8 Å². The lowest BCUT2D eigenvalue weighted by molar-refractivity contribution is -0.143. The lowest BCUT2D eigenvalue weighted by Crippen LogP contribution is -2.14. The Kier molecular flexibility index (Phi) is 8.33. The maximum Gasteiger partial charge on any atom is 0.416 e. The number of nitrogens with zero attached hydrogens (tertiary/aromatic N) is 4. The molecule has 0 bridgehead atoms. The first-order valence-electron chi connectivity index (χ1n) is 11.9. The number of ether oxygens (including phenoxy) is 1. The second-order valence-electron chi connectivity index (χ2n) is 9.14. The standard InChI is InChI=1S/C27H14F12N4O/c28-24(29,30)17-4-5-21(27(37,38)39)16(8-17)13-44-20-3-1-2-15(9-20)23-22(11-40)41-43(42-23)12-14-6-18(25(31,32)33)10-19(7-14)26(34,35)36/h1-10H,12-13H2. The number of benzene rings is 3. The first kappa shape index (κ1) is 32.2. The summed E-state index contributed by atoms with van der Waals surface area (Å²) >= 11 is 0. The summed E-state index contributed by atoms with van der Waals surface area (Å²) in [7, 11) is 0. The average molecular weight is 638 g/mol. The topological polar surface area (TPSA) is 63.7 Å². The SMILES string of the molecule is N#Cc1nn(Cc2cc(C(F)(F)F)cc(C(F)(F)F)c2)nc1-c1cccc(OCc2cc(C(F)(F)F)ccc2C(F)(F)F)c1. The van der Waals surface area contributed by atoms with Crippen LogP contribution < -0.4 is 4.74 Å². The number of hydrogen-bond acceptors (Lipinski definition) is 4. The molecule has 232 valence electrons. The number of rotatable bonds is 6. The van der Waals surface area contributed by atoms with Crippen LogP contribution >= 0.6 is 0 Å². The quantitative estimate of drug-likeness (QED) is 0.199. The highest BCUT2D eigenvalue weighted by Crippen LogP contribution is 2.38. The van der Waals surface area contributed by atoms with Crippen LogP contribution in [0.5, 0.6) is 5.75 Å². The molecule has 44 heavy (non-hydrogen) atoms. The van der Waals surface area contributed by atoms with Gasteiger partial charge in [-0.25, -0.2) is 0 Å². The van der Waals surface area contributed by atoms with Crippen LogP contribution in [0.15, 0.2) is 60.7 Å². The summed E-state index contributed by atoms with van der Waals surface area (Å²) in [6.07, 6.45) is -20.1. The Hall–Kier alpha value is -4.75. The van der Waals surface area contributed by atoms with Crippen molar-refractivity contribution in [3.63, 3.8) is 0 Å². The van der Waals surface area contributed by atoms with Gasteiger partial charge in [0, 0.05) is 11.1 Å². The summed E-state index contributed by atoms with van der Waals surface area (Å²) in [6, 6.07) is 8.40. The molecule has 0 N–H and O–H groups in total. The third kappa shape index (κ3) is 7.41. The van der Waals surface area contributed by atoms with E-state index in [1.807, 2.05) is 0 Å². The van der Waals surface area contributed by atoms with Gasteiger partial charge in [-0.3, -0.25) is 0 Å². The Balaban J connectivity index is 1.63. The number of halogens is 12. The molecule has 0 unspecified atom stereocenters. The Morgan fingerprint density at radius 3 is 1.84 bits per heavy atom. The fourth-order valence-electron chi connectivity index (χ4n) is 4.02. The van der Waals surface area contributed by atoms with E-state index in [0.29, 0.717) is 23.0 Å². The number of nitriles is 1. The zero-order valence-electron chi connectivity index (χ0n) is 21.4. The van der Waals surface area contributed by atoms with E-state index in [2.05, 4.69) is 10.2 Å². The van der Waals surface area contributed by atoms with Gasteiger partial charge in [0.15, 0.2) is 5.69 Å². The van der Waals surface area contributed by atoms with Gasteiger partial charge in [-0.05, 0) is 54.1 Å². The molecule has 4 rings (SSSR count). The van der Waals surface area contributed by atoms with Crippen molar-refractivity contribution in [1.29, 1.82) is 5.26 Å². The number of hydrogen-bond donors (Lipinski definition) is 0. The third-order valence-corrected chi connectivity index (χ3v) is 5.97. The molecule has 3 aromatic carbocycles.